The second-order valence-electron chi connectivity index (χ2n) is 4.22. The third-order valence-corrected chi connectivity index (χ3v) is 4.39. The van der Waals surface area contributed by atoms with Crippen LogP contribution in [0.5, 0.6) is 0 Å². The molecule has 5 heteroatoms. The molecule has 2 rings (SSSR count). The highest BCUT2D eigenvalue weighted by atomic mass is 32.1. The maximum absolute atomic E-state index is 4.65. The molecule has 0 amide bonds. The Balaban J connectivity index is 2.22. The van der Waals surface area contributed by atoms with Crippen LogP contribution < -0.4 is 5.32 Å². The van der Waals surface area contributed by atoms with E-state index in [-0.39, 0.29) is 0 Å². The Morgan fingerprint density at radius 2 is 2.06 bits per heavy atom. The minimum atomic E-state index is 0.983. The van der Waals surface area contributed by atoms with Crippen molar-refractivity contribution in [1.82, 2.24) is 9.97 Å². The lowest BCUT2D eigenvalue weighted by Crippen LogP contribution is -1.98. The average Bonchev–Trinajstić information content (AvgIpc) is 2.94. The number of rotatable bonds is 6. The van der Waals surface area contributed by atoms with Gasteiger partial charge in [0.2, 0.25) is 0 Å². The number of thiazole rings is 2. The average molecular weight is 281 g/mol. The van der Waals surface area contributed by atoms with Crippen molar-refractivity contribution in [3.8, 4) is 10.6 Å². The van der Waals surface area contributed by atoms with Gasteiger partial charge in [0.1, 0.15) is 0 Å². The number of aryl methyl sites for hydroxylation is 2. The normalized spacial score (nSPS) is 10.8. The van der Waals surface area contributed by atoms with Gasteiger partial charge in [0, 0.05) is 11.9 Å². The number of nitrogens with zero attached hydrogens (tertiary/aromatic N) is 2. The van der Waals surface area contributed by atoms with Gasteiger partial charge in [-0.2, -0.15) is 0 Å². The summed E-state index contributed by atoms with van der Waals surface area (Å²) < 4.78 is 0. The lowest BCUT2D eigenvalue weighted by molar-refractivity contribution is 0.889. The van der Waals surface area contributed by atoms with Crippen molar-refractivity contribution in [1.29, 1.82) is 0 Å². The van der Waals surface area contributed by atoms with Gasteiger partial charge < -0.3 is 5.32 Å². The summed E-state index contributed by atoms with van der Waals surface area (Å²) in [6, 6.07) is 0. The molecule has 1 N–H and O–H groups in total. The summed E-state index contributed by atoms with van der Waals surface area (Å²) in [4.78, 5) is 10.5. The first-order chi connectivity index (χ1) is 8.74. The van der Waals surface area contributed by atoms with E-state index in [1.807, 2.05) is 0 Å². The van der Waals surface area contributed by atoms with Crippen LogP contribution in [-0.4, -0.2) is 16.5 Å². The lowest BCUT2D eigenvalue weighted by Gasteiger charge is -1.98. The van der Waals surface area contributed by atoms with Crippen molar-refractivity contribution in [2.45, 2.75) is 40.0 Å². The molecule has 0 spiro atoms. The zero-order valence-electron chi connectivity index (χ0n) is 11.1. The summed E-state index contributed by atoms with van der Waals surface area (Å²) in [6.45, 7) is 7.40. The molecule has 98 valence electrons. The number of aromatic nitrogens is 2. The Hall–Kier alpha value is -0.940. The van der Waals surface area contributed by atoms with Crippen LogP contribution in [0.4, 0.5) is 5.13 Å². The molecule has 0 aliphatic carbocycles. The monoisotopic (exact) mass is 281 g/mol. The molecule has 3 nitrogen and oxygen atoms in total. The number of anilines is 1. The highest BCUT2D eigenvalue weighted by molar-refractivity contribution is 7.16. The first kappa shape index (κ1) is 13.5. The molecular weight excluding hydrogens is 262 g/mol. The first-order valence-corrected chi connectivity index (χ1v) is 8.10. The molecule has 0 saturated heterocycles. The van der Waals surface area contributed by atoms with E-state index >= 15 is 0 Å². The van der Waals surface area contributed by atoms with Crippen molar-refractivity contribution >= 4 is 27.8 Å². The maximum Gasteiger partial charge on any atom is 0.183 e. The van der Waals surface area contributed by atoms with Gasteiger partial charge in [0.15, 0.2) is 5.13 Å². The minimum Gasteiger partial charge on any atom is -0.362 e. The molecule has 0 aliphatic rings. The standard InChI is InChI=1S/C13H19N3S2/c1-4-6-10-12(18-9(3)15-10)11-8-17-13(16-11)14-7-5-2/h8H,4-7H2,1-3H3,(H,14,16). The predicted octanol–water partition coefficient (Wildman–Crippen LogP) is 4.35. The Kier molecular flexibility index (Phi) is 4.72. The van der Waals surface area contributed by atoms with E-state index in [0.717, 1.165) is 41.6 Å². The number of hydrogen-bond donors (Lipinski definition) is 1. The lowest BCUT2D eigenvalue weighted by atomic mass is 10.2. The smallest absolute Gasteiger partial charge is 0.183 e. The van der Waals surface area contributed by atoms with E-state index < -0.39 is 0 Å². The molecule has 2 heterocycles. The molecule has 2 aromatic rings. The van der Waals surface area contributed by atoms with Crippen molar-refractivity contribution < 1.29 is 0 Å². The number of hydrogen-bond acceptors (Lipinski definition) is 5. The van der Waals surface area contributed by atoms with Gasteiger partial charge in [-0.15, -0.1) is 22.7 Å². The van der Waals surface area contributed by atoms with Crippen LogP contribution in [0.15, 0.2) is 5.38 Å². The van der Waals surface area contributed by atoms with Crippen LogP contribution in [0, 0.1) is 6.92 Å². The second-order valence-corrected chi connectivity index (χ2v) is 6.28. The molecule has 18 heavy (non-hydrogen) atoms. The summed E-state index contributed by atoms with van der Waals surface area (Å²) in [7, 11) is 0. The Labute approximate surface area is 116 Å². The van der Waals surface area contributed by atoms with E-state index in [0.29, 0.717) is 0 Å². The SMILES string of the molecule is CCCNc1nc(-c2sc(C)nc2CCC)cs1. The largest absolute Gasteiger partial charge is 0.362 e. The van der Waals surface area contributed by atoms with Crippen LogP contribution in [0.1, 0.15) is 37.4 Å². The minimum absolute atomic E-state index is 0.983. The topological polar surface area (TPSA) is 37.8 Å². The van der Waals surface area contributed by atoms with Crippen molar-refractivity contribution in [3.05, 3.63) is 16.1 Å². The molecular formula is C13H19N3S2. The third-order valence-electron chi connectivity index (χ3n) is 2.55. The third kappa shape index (κ3) is 3.09. The number of nitrogens with one attached hydrogen (secondary N) is 1. The summed E-state index contributed by atoms with van der Waals surface area (Å²) in [5, 5.41) is 7.61. The van der Waals surface area contributed by atoms with Crippen molar-refractivity contribution in [3.63, 3.8) is 0 Å². The van der Waals surface area contributed by atoms with Gasteiger partial charge in [-0.05, 0) is 19.8 Å². The Morgan fingerprint density at radius 3 is 2.78 bits per heavy atom. The summed E-state index contributed by atoms with van der Waals surface area (Å²) in [6.07, 6.45) is 3.28. The van der Waals surface area contributed by atoms with E-state index in [9.17, 15) is 0 Å². The highest BCUT2D eigenvalue weighted by Gasteiger charge is 2.13. The zero-order chi connectivity index (χ0) is 13.0. The molecule has 0 aromatic carbocycles. The van der Waals surface area contributed by atoms with Gasteiger partial charge in [0.25, 0.3) is 0 Å². The highest BCUT2D eigenvalue weighted by Crippen LogP contribution is 2.33. The van der Waals surface area contributed by atoms with Crippen LogP contribution >= 0.6 is 22.7 Å². The van der Waals surface area contributed by atoms with Crippen LogP contribution in [-0.2, 0) is 6.42 Å². The van der Waals surface area contributed by atoms with Gasteiger partial charge in [-0.3, -0.25) is 0 Å². The molecule has 0 atom stereocenters. The molecule has 0 saturated carbocycles. The van der Waals surface area contributed by atoms with Crippen LogP contribution in [0.2, 0.25) is 0 Å². The van der Waals surface area contributed by atoms with Gasteiger partial charge in [-0.25, -0.2) is 9.97 Å². The van der Waals surface area contributed by atoms with E-state index in [1.165, 1.54) is 10.6 Å². The summed E-state index contributed by atoms with van der Waals surface area (Å²) >= 11 is 3.43. The molecule has 0 radical (unpaired) electrons. The van der Waals surface area contributed by atoms with E-state index in [1.54, 1.807) is 22.7 Å². The van der Waals surface area contributed by atoms with Crippen molar-refractivity contribution in [2.24, 2.45) is 0 Å². The Morgan fingerprint density at radius 1 is 1.22 bits per heavy atom. The molecule has 0 unspecified atom stereocenters. The second kappa shape index (κ2) is 6.29. The van der Waals surface area contributed by atoms with Gasteiger partial charge in [-0.1, -0.05) is 20.3 Å². The fourth-order valence-electron chi connectivity index (χ4n) is 1.77. The zero-order valence-corrected chi connectivity index (χ0v) is 12.7. The maximum atomic E-state index is 4.65. The molecule has 0 aliphatic heterocycles. The van der Waals surface area contributed by atoms with Crippen LogP contribution in [0.25, 0.3) is 10.6 Å². The molecule has 0 bridgehead atoms. The fraction of sp³-hybridized carbons (Fsp3) is 0.538. The van der Waals surface area contributed by atoms with Crippen molar-refractivity contribution in [2.75, 3.05) is 11.9 Å². The fourth-order valence-corrected chi connectivity index (χ4v) is 3.50. The quantitative estimate of drug-likeness (QED) is 0.855. The van der Waals surface area contributed by atoms with Gasteiger partial charge in [0.05, 0.1) is 21.3 Å². The van der Waals surface area contributed by atoms with Gasteiger partial charge >= 0.3 is 0 Å². The molecule has 2 aromatic heterocycles. The summed E-state index contributed by atoms with van der Waals surface area (Å²) in [5.41, 5.74) is 2.28. The Bertz CT molecular complexity index is 502. The predicted molar refractivity (Wildman–Crippen MR) is 80.7 cm³/mol. The van der Waals surface area contributed by atoms with E-state index in [2.05, 4.69) is 41.4 Å². The summed E-state index contributed by atoms with van der Waals surface area (Å²) in [5.74, 6) is 0. The molecule has 0 fully saturated rings. The van der Waals surface area contributed by atoms with E-state index in [4.69, 9.17) is 0 Å². The van der Waals surface area contributed by atoms with Crippen LogP contribution in [0.3, 0.4) is 0 Å². The first-order valence-electron chi connectivity index (χ1n) is 6.40.